The van der Waals surface area contributed by atoms with Gasteiger partial charge in [0, 0.05) is 10.9 Å². The summed E-state index contributed by atoms with van der Waals surface area (Å²) in [6, 6.07) is 9.67. The standard InChI is InChI=1S/C16H11N5O3/c22-15-4-2-10(16(23)24)6-14(15)21-8-13(19-20-21)9-1-3-12-11(5-9)7-17-18-12/h1-8,22H,(H,17,18)(H,23,24). The van der Waals surface area contributed by atoms with Crippen LogP contribution in [0.3, 0.4) is 0 Å². The number of benzene rings is 2. The number of hydrogen-bond acceptors (Lipinski definition) is 5. The van der Waals surface area contributed by atoms with Crippen LogP contribution in [-0.4, -0.2) is 41.4 Å². The summed E-state index contributed by atoms with van der Waals surface area (Å²) in [4.78, 5) is 11.1. The Bertz CT molecular complexity index is 1070. The van der Waals surface area contributed by atoms with Crippen molar-refractivity contribution in [3.63, 3.8) is 0 Å². The van der Waals surface area contributed by atoms with Crippen molar-refractivity contribution in [3.05, 3.63) is 54.4 Å². The predicted octanol–water partition coefficient (Wildman–Crippen LogP) is 2.21. The second kappa shape index (κ2) is 5.20. The van der Waals surface area contributed by atoms with Crippen molar-refractivity contribution in [1.82, 2.24) is 25.2 Å². The van der Waals surface area contributed by atoms with Crippen LogP contribution < -0.4 is 0 Å². The van der Waals surface area contributed by atoms with Crippen LogP contribution in [0.5, 0.6) is 5.75 Å². The molecule has 3 N–H and O–H groups in total. The molecule has 4 rings (SSSR count). The van der Waals surface area contributed by atoms with Crippen molar-refractivity contribution in [3.8, 4) is 22.7 Å². The van der Waals surface area contributed by atoms with Gasteiger partial charge in [0.05, 0.1) is 23.5 Å². The van der Waals surface area contributed by atoms with E-state index in [2.05, 4.69) is 20.5 Å². The molecule has 0 bridgehead atoms. The largest absolute Gasteiger partial charge is 0.506 e. The summed E-state index contributed by atoms with van der Waals surface area (Å²) in [6.45, 7) is 0. The van der Waals surface area contributed by atoms with E-state index in [0.717, 1.165) is 16.5 Å². The van der Waals surface area contributed by atoms with E-state index >= 15 is 0 Å². The van der Waals surface area contributed by atoms with Crippen LogP contribution in [0.15, 0.2) is 48.8 Å². The number of nitrogens with zero attached hydrogens (tertiary/aromatic N) is 4. The lowest BCUT2D eigenvalue weighted by Crippen LogP contribution is -2.01. The van der Waals surface area contributed by atoms with Crippen molar-refractivity contribution in [2.75, 3.05) is 0 Å². The average Bonchev–Trinajstić information content (AvgIpc) is 3.23. The molecule has 0 aliphatic heterocycles. The molecule has 0 spiro atoms. The first-order valence-corrected chi connectivity index (χ1v) is 7.04. The van der Waals surface area contributed by atoms with E-state index in [4.69, 9.17) is 5.11 Å². The van der Waals surface area contributed by atoms with Crippen LogP contribution in [0.4, 0.5) is 0 Å². The van der Waals surface area contributed by atoms with E-state index in [1.165, 1.54) is 22.9 Å². The van der Waals surface area contributed by atoms with Crippen molar-refractivity contribution in [2.45, 2.75) is 0 Å². The molecule has 2 aromatic carbocycles. The van der Waals surface area contributed by atoms with Crippen LogP contribution >= 0.6 is 0 Å². The second-order valence-electron chi connectivity index (χ2n) is 5.23. The molecule has 2 heterocycles. The lowest BCUT2D eigenvalue weighted by atomic mass is 10.1. The molecule has 4 aromatic rings. The molecule has 0 fully saturated rings. The number of hydrogen-bond donors (Lipinski definition) is 3. The highest BCUT2D eigenvalue weighted by Gasteiger charge is 2.12. The molecular formula is C16H11N5O3. The molecule has 8 nitrogen and oxygen atoms in total. The van der Waals surface area contributed by atoms with Crippen LogP contribution in [0.1, 0.15) is 10.4 Å². The molecule has 0 amide bonds. The second-order valence-corrected chi connectivity index (χ2v) is 5.23. The molecule has 0 radical (unpaired) electrons. The molecule has 2 aromatic heterocycles. The number of fused-ring (bicyclic) bond motifs is 1. The van der Waals surface area contributed by atoms with Crippen LogP contribution in [-0.2, 0) is 0 Å². The number of H-pyrrole nitrogens is 1. The molecule has 118 valence electrons. The number of aromatic nitrogens is 5. The zero-order valence-electron chi connectivity index (χ0n) is 12.2. The minimum absolute atomic E-state index is 0.0552. The Morgan fingerprint density at radius 3 is 2.88 bits per heavy atom. The maximum absolute atomic E-state index is 11.1. The van der Waals surface area contributed by atoms with Gasteiger partial charge >= 0.3 is 5.97 Å². The Morgan fingerprint density at radius 2 is 2.04 bits per heavy atom. The van der Waals surface area contributed by atoms with Gasteiger partial charge in [0.2, 0.25) is 0 Å². The van der Waals surface area contributed by atoms with Gasteiger partial charge in [-0.3, -0.25) is 5.10 Å². The van der Waals surface area contributed by atoms with E-state index in [-0.39, 0.29) is 17.0 Å². The van der Waals surface area contributed by atoms with E-state index in [9.17, 15) is 9.90 Å². The lowest BCUT2D eigenvalue weighted by molar-refractivity contribution is 0.0697. The fraction of sp³-hybridized carbons (Fsp3) is 0. The zero-order chi connectivity index (χ0) is 16.7. The van der Waals surface area contributed by atoms with E-state index in [0.29, 0.717) is 5.69 Å². The Hall–Kier alpha value is -3.68. The quantitative estimate of drug-likeness (QED) is 0.532. The number of nitrogens with one attached hydrogen (secondary N) is 1. The summed E-state index contributed by atoms with van der Waals surface area (Å²) in [5, 5.41) is 34.9. The summed E-state index contributed by atoms with van der Waals surface area (Å²) in [5.74, 6) is -1.16. The van der Waals surface area contributed by atoms with Gasteiger partial charge < -0.3 is 10.2 Å². The topological polar surface area (TPSA) is 117 Å². The number of phenols is 1. The van der Waals surface area contributed by atoms with E-state index in [1.807, 2.05) is 18.2 Å². The zero-order valence-corrected chi connectivity index (χ0v) is 12.2. The van der Waals surface area contributed by atoms with Gasteiger partial charge in [0.1, 0.15) is 17.1 Å². The molecule has 8 heteroatoms. The van der Waals surface area contributed by atoms with E-state index < -0.39 is 5.97 Å². The van der Waals surface area contributed by atoms with Gasteiger partial charge in [-0.1, -0.05) is 11.3 Å². The number of carboxylic acid groups (broad SMARTS) is 1. The normalized spacial score (nSPS) is 11.0. The molecular weight excluding hydrogens is 310 g/mol. The highest BCUT2D eigenvalue weighted by Crippen LogP contribution is 2.25. The minimum Gasteiger partial charge on any atom is -0.506 e. The number of phenolic OH excluding ortho intramolecular Hbond substituents is 1. The van der Waals surface area contributed by atoms with Gasteiger partial charge in [0.25, 0.3) is 0 Å². The van der Waals surface area contributed by atoms with Gasteiger partial charge in [0.15, 0.2) is 0 Å². The Kier molecular flexibility index (Phi) is 3.02. The molecule has 0 saturated carbocycles. The monoisotopic (exact) mass is 321 g/mol. The van der Waals surface area contributed by atoms with Crippen LogP contribution in [0.25, 0.3) is 27.8 Å². The minimum atomic E-state index is -1.08. The fourth-order valence-electron chi connectivity index (χ4n) is 2.46. The molecule has 0 aliphatic rings. The maximum atomic E-state index is 11.1. The molecule has 24 heavy (non-hydrogen) atoms. The first kappa shape index (κ1) is 13.9. The maximum Gasteiger partial charge on any atom is 0.335 e. The molecule has 0 unspecified atom stereocenters. The fourth-order valence-corrected chi connectivity index (χ4v) is 2.46. The smallest absolute Gasteiger partial charge is 0.335 e. The third kappa shape index (κ3) is 2.26. The van der Waals surface area contributed by atoms with Crippen LogP contribution in [0.2, 0.25) is 0 Å². The third-order valence-electron chi connectivity index (χ3n) is 3.70. The SMILES string of the molecule is O=C(O)c1ccc(O)c(-n2cc(-c3ccc4[nH]ncc4c3)nn2)c1. The number of carboxylic acids is 1. The highest BCUT2D eigenvalue weighted by atomic mass is 16.4. The Morgan fingerprint density at radius 1 is 1.17 bits per heavy atom. The first-order chi connectivity index (χ1) is 11.6. The van der Waals surface area contributed by atoms with Crippen molar-refractivity contribution in [2.24, 2.45) is 0 Å². The summed E-state index contributed by atoms with van der Waals surface area (Å²) in [7, 11) is 0. The van der Waals surface area contributed by atoms with Gasteiger partial charge in [-0.2, -0.15) is 5.10 Å². The van der Waals surface area contributed by atoms with Gasteiger partial charge in [-0.25, -0.2) is 9.48 Å². The van der Waals surface area contributed by atoms with Gasteiger partial charge in [-0.15, -0.1) is 5.10 Å². The number of carbonyl (C=O) groups is 1. The summed E-state index contributed by atoms with van der Waals surface area (Å²) in [6.07, 6.45) is 3.34. The first-order valence-electron chi connectivity index (χ1n) is 7.04. The van der Waals surface area contributed by atoms with Crippen LogP contribution in [0, 0.1) is 0 Å². The lowest BCUT2D eigenvalue weighted by Gasteiger charge is -2.04. The summed E-state index contributed by atoms with van der Waals surface area (Å²) >= 11 is 0. The number of rotatable bonds is 3. The highest BCUT2D eigenvalue weighted by molar-refractivity contribution is 5.88. The summed E-state index contributed by atoms with van der Waals surface area (Å²) < 4.78 is 1.34. The Labute approximate surface area is 135 Å². The number of aromatic carboxylic acids is 1. The number of aromatic hydroxyl groups is 1. The number of aromatic amines is 1. The molecule has 0 atom stereocenters. The molecule has 0 aliphatic carbocycles. The van der Waals surface area contributed by atoms with E-state index in [1.54, 1.807) is 12.4 Å². The molecule has 0 saturated heterocycles. The summed E-state index contributed by atoms with van der Waals surface area (Å²) in [5.41, 5.74) is 2.65. The van der Waals surface area contributed by atoms with Crippen molar-refractivity contribution < 1.29 is 15.0 Å². The third-order valence-corrected chi connectivity index (χ3v) is 3.70. The van der Waals surface area contributed by atoms with Gasteiger partial charge in [-0.05, 0) is 30.3 Å². The Balaban J connectivity index is 1.77. The van der Waals surface area contributed by atoms with Crippen molar-refractivity contribution in [1.29, 1.82) is 0 Å². The van der Waals surface area contributed by atoms with Crippen molar-refractivity contribution >= 4 is 16.9 Å². The average molecular weight is 321 g/mol. The predicted molar refractivity (Wildman–Crippen MR) is 85.1 cm³/mol.